The molecule has 1 rings (SSSR count). The van der Waals surface area contributed by atoms with Crippen LogP contribution in [0.2, 0.25) is 0 Å². The zero-order valence-corrected chi connectivity index (χ0v) is 10.1. The molecule has 0 amide bonds. The zero-order valence-electron chi connectivity index (χ0n) is 8.51. The van der Waals surface area contributed by atoms with E-state index in [-0.39, 0.29) is 0 Å². The standard InChI is InChI=1S/C9H12BrN3O2/c1-6(8(14)15)5-13(2)9-11-3-7(10)4-12-9/h3-4,6H,5H2,1-2H3,(H,14,15). The molecule has 0 radical (unpaired) electrons. The molecule has 15 heavy (non-hydrogen) atoms. The van der Waals surface area contributed by atoms with Crippen LogP contribution in [0.15, 0.2) is 16.9 Å². The number of aromatic nitrogens is 2. The molecule has 6 heteroatoms. The highest BCUT2D eigenvalue weighted by Gasteiger charge is 2.14. The molecule has 1 aromatic heterocycles. The van der Waals surface area contributed by atoms with E-state index in [1.54, 1.807) is 31.3 Å². The normalized spacial score (nSPS) is 12.2. The van der Waals surface area contributed by atoms with Crippen LogP contribution in [0.4, 0.5) is 5.95 Å². The van der Waals surface area contributed by atoms with Crippen LogP contribution in [0.1, 0.15) is 6.92 Å². The molecular formula is C9H12BrN3O2. The summed E-state index contributed by atoms with van der Waals surface area (Å²) >= 11 is 3.23. The van der Waals surface area contributed by atoms with E-state index in [1.807, 2.05) is 0 Å². The number of carbonyl (C=O) groups is 1. The van der Waals surface area contributed by atoms with Crippen LogP contribution in [0.5, 0.6) is 0 Å². The van der Waals surface area contributed by atoms with Crippen LogP contribution in [0, 0.1) is 5.92 Å². The monoisotopic (exact) mass is 273 g/mol. The second-order valence-corrected chi connectivity index (χ2v) is 4.24. The minimum absolute atomic E-state index is 0.386. The molecule has 82 valence electrons. The maximum Gasteiger partial charge on any atom is 0.308 e. The van der Waals surface area contributed by atoms with E-state index in [0.29, 0.717) is 12.5 Å². The van der Waals surface area contributed by atoms with Crippen molar-refractivity contribution in [1.29, 1.82) is 0 Å². The predicted octanol–water partition coefficient (Wildman–Crippen LogP) is 1.40. The first-order valence-corrected chi connectivity index (χ1v) is 5.21. The molecule has 0 aliphatic heterocycles. The quantitative estimate of drug-likeness (QED) is 0.898. The minimum atomic E-state index is -0.820. The summed E-state index contributed by atoms with van der Waals surface area (Å²) in [5.74, 6) is -0.743. The summed E-state index contributed by atoms with van der Waals surface area (Å²) < 4.78 is 0.797. The van der Waals surface area contributed by atoms with Crippen molar-refractivity contribution in [3.8, 4) is 0 Å². The van der Waals surface area contributed by atoms with Gasteiger partial charge >= 0.3 is 5.97 Å². The minimum Gasteiger partial charge on any atom is -0.481 e. The SMILES string of the molecule is CC(CN(C)c1ncc(Br)cn1)C(=O)O. The number of rotatable bonds is 4. The maximum absolute atomic E-state index is 10.6. The van der Waals surface area contributed by atoms with Gasteiger partial charge in [0.1, 0.15) is 0 Å². The molecule has 1 heterocycles. The maximum atomic E-state index is 10.6. The molecule has 1 unspecified atom stereocenters. The Morgan fingerprint density at radius 1 is 1.60 bits per heavy atom. The lowest BCUT2D eigenvalue weighted by atomic mass is 10.2. The topological polar surface area (TPSA) is 66.3 Å². The number of carboxylic acids is 1. The number of nitrogens with zero attached hydrogens (tertiary/aromatic N) is 3. The van der Waals surface area contributed by atoms with Gasteiger partial charge < -0.3 is 10.0 Å². The fourth-order valence-corrected chi connectivity index (χ4v) is 1.28. The van der Waals surface area contributed by atoms with Crippen LogP contribution < -0.4 is 4.90 Å². The van der Waals surface area contributed by atoms with Crippen LogP contribution in [0.25, 0.3) is 0 Å². The Labute approximate surface area is 96.3 Å². The molecule has 5 nitrogen and oxygen atoms in total. The Bertz CT molecular complexity index is 342. The molecule has 0 spiro atoms. The van der Waals surface area contributed by atoms with Gasteiger partial charge in [0.25, 0.3) is 0 Å². The fourth-order valence-electron chi connectivity index (χ4n) is 1.07. The summed E-state index contributed by atoms with van der Waals surface area (Å²) in [6, 6.07) is 0. The zero-order chi connectivity index (χ0) is 11.4. The highest BCUT2D eigenvalue weighted by Crippen LogP contribution is 2.11. The first-order valence-electron chi connectivity index (χ1n) is 4.42. The average Bonchev–Trinajstić information content (AvgIpc) is 2.18. The van der Waals surface area contributed by atoms with Crippen molar-refractivity contribution >= 4 is 27.8 Å². The summed E-state index contributed by atoms with van der Waals surface area (Å²) in [6.07, 6.45) is 3.26. The van der Waals surface area contributed by atoms with Crippen LogP contribution in [-0.4, -0.2) is 34.6 Å². The highest BCUT2D eigenvalue weighted by molar-refractivity contribution is 9.10. The molecule has 0 saturated heterocycles. The smallest absolute Gasteiger partial charge is 0.308 e. The molecule has 0 aliphatic carbocycles. The summed E-state index contributed by atoms with van der Waals surface area (Å²) in [6.45, 7) is 2.04. The van der Waals surface area contributed by atoms with Gasteiger partial charge in [-0.05, 0) is 15.9 Å². The third-order valence-corrected chi connectivity index (χ3v) is 2.33. The largest absolute Gasteiger partial charge is 0.481 e. The van der Waals surface area contributed by atoms with Crippen molar-refractivity contribution in [2.24, 2.45) is 5.92 Å². The van der Waals surface area contributed by atoms with Crippen molar-refractivity contribution < 1.29 is 9.90 Å². The van der Waals surface area contributed by atoms with Crippen molar-refractivity contribution in [3.63, 3.8) is 0 Å². The number of anilines is 1. The molecule has 0 saturated carbocycles. The Morgan fingerprint density at radius 3 is 2.60 bits per heavy atom. The van der Waals surface area contributed by atoms with Gasteiger partial charge in [0.05, 0.1) is 10.4 Å². The molecule has 0 fully saturated rings. The third-order valence-electron chi connectivity index (χ3n) is 1.92. The molecule has 1 aromatic rings. The molecular weight excluding hydrogens is 262 g/mol. The first kappa shape index (κ1) is 11.9. The molecule has 0 aromatic carbocycles. The highest BCUT2D eigenvalue weighted by atomic mass is 79.9. The van der Waals surface area contributed by atoms with Gasteiger partial charge in [-0.25, -0.2) is 9.97 Å². The van der Waals surface area contributed by atoms with Crippen molar-refractivity contribution in [2.45, 2.75) is 6.92 Å². The molecule has 0 bridgehead atoms. The van der Waals surface area contributed by atoms with Gasteiger partial charge in [0, 0.05) is 26.0 Å². The average molecular weight is 274 g/mol. The van der Waals surface area contributed by atoms with Crippen molar-refractivity contribution in [3.05, 3.63) is 16.9 Å². The van der Waals surface area contributed by atoms with Gasteiger partial charge in [-0.3, -0.25) is 4.79 Å². The Morgan fingerprint density at radius 2 is 2.13 bits per heavy atom. The van der Waals surface area contributed by atoms with Gasteiger partial charge in [0.15, 0.2) is 0 Å². The van der Waals surface area contributed by atoms with Crippen LogP contribution in [0.3, 0.4) is 0 Å². The van der Waals surface area contributed by atoms with E-state index in [1.165, 1.54) is 0 Å². The van der Waals surface area contributed by atoms with Gasteiger partial charge in [-0.15, -0.1) is 0 Å². The van der Waals surface area contributed by atoms with Crippen LogP contribution in [-0.2, 0) is 4.79 Å². The third kappa shape index (κ3) is 3.47. The Hall–Kier alpha value is -1.17. The summed E-state index contributed by atoms with van der Waals surface area (Å²) in [7, 11) is 1.77. The fraction of sp³-hybridized carbons (Fsp3) is 0.444. The molecule has 0 aliphatic rings. The molecule has 1 atom stereocenters. The van der Waals surface area contributed by atoms with Crippen LogP contribution >= 0.6 is 15.9 Å². The van der Waals surface area contributed by atoms with E-state index < -0.39 is 11.9 Å². The number of aliphatic carboxylic acids is 1. The number of carboxylic acid groups (broad SMARTS) is 1. The lowest BCUT2D eigenvalue weighted by Crippen LogP contribution is -2.29. The molecule has 1 N–H and O–H groups in total. The van der Waals surface area contributed by atoms with E-state index in [9.17, 15) is 4.79 Å². The summed E-state index contributed by atoms with van der Waals surface area (Å²) in [5.41, 5.74) is 0. The Kier molecular flexibility index (Phi) is 4.02. The number of hydrogen-bond acceptors (Lipinski definition) is 4. The lowest BCUT2D eigenvalue weighted by molar-refractivity contribution is -0.140. The summed E-state index contributed by atoms with van der Waals surface area (Å²) in [4.78, 5) is 20.5. The van der Waals surface area contributed by atoms with E-state index >= 15 is 0 Å². The van der Waals surface area contributed by atoms with Gasteiger partial charge in [-0.1, -0.05) is 6.92 Å². The predicted molar refractivity (Wildman–Crippen MR) is 59.8 cm³/mol. The number of hydrogen-bond donors (Lipinski definition) is 1. The number of halogens is 1. The van der Waals surface area contributed by atoms with Gasteiger partial charge in [0.2, 0.25) is 5.95 Å². The lowest BCUT2D eigenvalue weighted by Gasteiger charge is -2.18. The van der Waals surface area contributed by atoms with Gasteiger partial charge in [-0.2, -0.15) is 0 Å². The first-order chi connectivity index (χ1) is 7.00. The van der Waals surface area contributed by atoms with E-state index in [4.69, 9.17) is 5.11 Å². The van der Waals surface area contributed by atoms with Crippen molar-refractivity contribution in [2.75, 3.05) is 18.5 Å². The summed E-state index contributed by atoms with van der Waals surface area (Å²) in [5, 5.41) is 8.75. The van der Waals surface area contributed by atoms with Crippen molar-refractivity contribution in [1.82, 2.24) is 9.97 Å². The van der Waals surface area contributed by atoms with E-state index in [2.05, 4.69) is 25.9 Å². The Balaban J connectivity index is 2.64. The van der Waals surface area contributed by atoms with E-state index in [0.717, 1.165) is 4.47 Å². The second-order valence-electron chi connectivity index (χ2n) is 3.32. The second kappa shape index (κ2) is 5.06.